The molecule has 0 spiro atoms. The van der Waals surface area contributed by atoms with Crippen molar-refractivity contribution in [3.8, 4) is 0 Å². The maximum absolute atomic E-state index is 4.44. The zero-order valence-corrected chi connectivity index (χ0v) is 11.3. The fraction of sp³-hybridized carbons (Fsp3) is 0.455. The minimum atomic E-state index is 0.859. The molecular weight excluding hydrogens is 268 g/mol. The molecule has 0 radical (unpaired) electrons. The second-order valence-corrected chi connectivity index (χ2v) is 4.65. The van der Waals surface area contributed by atoms with Crippen LogP contribution in [0, 0.1) is 0 Å². The predicted molar refractivity (Wildman–Crippen MR) is 66.3 cm³/mol. The van der Waals surface area contributed by atoms with Gasteiger partial charge in [0, 0.05) is 38.0 Å². The molecule has 2 aromatic heterocycles. The Morgan fingerprint density at radius 1 is 1.31 bits per heavy atom. The third kappa shape index (κ3) is 2.19. The smallest absolute Gasteiger partial charge is 0.131 e. The van der Waals surface area contributed by atoms with E-state index in [0.717, 1.165) is 23.1 Å². The van der Waals surface area contributed by atoms with Gasteiger partial charge in [-0.1, -0.05) is 6.92 Å². The van der Waals surface area contributed by atoms with Crippen LogP contribution in [0.5, 0.6) is 0 Å². The number of hydrogen-bond donors (Lipinski definition) is 0. The lowest BCUT2D eigenvalue weighted by molar-refractivity contribution is 0.709. The Hall–Kier alpha value is -1.10. The number of aryl methyl sites for hydroxylation is 3. The Kier molecular flexibility index (Phi) is 3.14. The van der Waals surface area contributed by atoms with Crippen LogP contribution in [-0.2, 0) is 26.9 Å². The van der Waals surface area contributed by atoms with Gasteiger partial charge >= 0.3 is 0 Å². The van der Waals surface area contributed by atoms with E-state index in [1.165, 1.54) is 11.3 Å². The zero-order chi connectivity index (χ0) is 11.7. The van der Waals surface area contributed by atoms with Crippen molar-refractivity contribution in [1.29, 1.82) is 0 Å². The van der Waals surface area contributed by atoms with Crippen LogP contribution in [0.15, 0.2) is 16.9 Å². The summed E-state index contributed by atoms with van der Waals surface area (Å²) in [5, 5.41) is 8.70. The van der Waals surface area contributed by atoms with Gasteiger partial charge in [0.2, 0.25) is 0 Å². The zero-order valence-electron chi connectivity index (χ0n) is 9.74. The largest absolute Gasteiger partial charge is 0.274 e. The van der Waals surface area contributed by atoms with Crippen molar-refractivity contribution in [3.05, 3.63) is 33.8 Å². The van der Waals surface area contributed by atoms with Crippen LogP contribution in [0.25, 0.3) is 0 Å². The van der Waals surface area contributed by atoms with E-state index in [2.05, 4.69) is 39.1 Å². The van der Waals surface area contributed by atoms with E-state index in [0.29, 0.717) is 0 Å². The van der Waals surface area contributed by atoms with Gasteiger partial charge in [-0.15, -0.1) is 0 Å². The Balaban J connectivity index is 2.26. The minimum absolute atomic E-state index is 0.859. The average molecular weight is 283 g/mol. The van der Waals surface area contributed by atoms with Crippen LogP contribution in [-0.4, -0.2) is 19.6 Å². The number of aromatic nitrogens is 4. The first-order valence-corrected chi connectivity index (χ1v) is 6.09. The maximum atomic E-state index is 4.44. The van der Waals surface area contributed by atoms with Crippen LogP contribution >= 0.6 is 15.9 Å². The molecule has 0 amide bonds. The average Bonchev–Trinajstić information content (AvgIpc) is 2.72. The molecule has 0 N–H and O–H groups in total. The van der Waals surface area contributed by atoms with E-state index in [4.69, 9.17) is 0 Å². The lowest BCUT2D eigenvalue weighted by Gasteiger charge is -1.99. The first kappa shape index (κ1) is 11.4. The monoisotopic (exact) mass is 282 g/mol. The van der Waals surface area contributed by atoms with Crippen molar-refractivity contribution < 1.29 is 0 Å². The van der Waals surface area contributed by atoms with Crippen molar-refractivity contribution in [2.75, 3.05) is 0 Å². The standard InChI is InChI=1S/C11H15BrN4/c1-4-9-6-10(16(3)13-9)5-8-7-15(2)14-11(8)12/h6-7H,4-5H2,1-3H3. The molecule has 2 rings (SSSR count). The van der Waals surface area contributed by atoms with Gasteiger partial charge in [0.15, 0.2) is 0 Å². The fourth-order valence-electron chi connectivity index (χ4n) is 1.73. The highest BCUT2D eigenvalue weighted by Gasteiger charge is 2.09. The normalized spacial score (nSPS) is 11.0. The summed E-state index contributed by atoms with van der Waals surface area (Å²) < 4.78 is 4.67. The van der Waals surface area contributed by atoms with E-state index in [9.17, 15) is 0 Å². The Bertz CT molecular complexity index is 498. The second-order valence-electron chi connectivity index (χ2n) is 3.90. The van der Waals surface area contributed by atoms with E-state index < -0.39 is 0 Å². The molecule has 0 bridgehead atoms. The molecule has 4 nitrogen and oxygen atoms in total. The van der Waals surface area contributed by atoms with Gasteiger partial charge in [0.25, 0.3) is 0 Å². The van der Waals surface area contributed by atoms with Gasteiger partial charge in [-0.2, -0.15) is 10.2 Å². The fourth-order valence-corrected chi connectivity index (χ4v) is 2.23. The molecule has 2 aromatic rings. The molecule has 16 heavy (non-hydrogen) atoms. The molecule has 0 aliphatic rings. The van der Waals surface area contributed by atoms with Crippen LogP contribution in [0.2, 0.25) is 0 Å². The van der Waals surface area contributed by atoms with Crippen molar-refractivity contribution in [1.82, 2.24) is 19.6 Å². The molecule has 2 heterocycles. The summed E-state index contributed by atoms with van der Waals surface area (Å²) in [7, 11) is 3.91. The van der Waals surface area contributed by atoms with Gasteiger partial charge in [-0.3, -0.25) is 9.36 Å². The van der Waals surface area contributed by atoms with Crippen molar-refractivity contribution in [2.45, 2.75) is 19.8 Å². The summed E-state index contributed by atoms with van der Waals surface area (Å²) in [5.74, 6) is 0. The lowest BCUT2D eigenvalue weighted by atomic mass is 10.2. The van der Waals surface area contributed by atoms with Gasteiger partial charge in [0.1, 0.15) is 4.60 Å². The Morgan fingerprint density at radius 3 is 2.56 bits per heavy atom. The molecule has 86 valence electrons. The molecule has 0 saturated carbocycles. The van der Waals surface area contributed by atoms with E-state index in [1.807, 2.05) is 29.7 Å². The van der Waals surface area contributed by atoms with Gasteiger partial charge in [-0.25, -0.2) is 0 Å². The summed E-state index contributed by atoms with van der Waals surface area (Å²) in [5.41, 5.74) is 3.54. The quantitative estimate of drug-likeness (QED) is 0.864. The summed E-state index contributed by atoms with van der Waals surface area (Å²) in [6, 6.07) is 2.15. The molecule has 0 fully saturated rings. The van der Waals surface area contributed by atoms with Crippen molar-refractivity contribution in [3.63, 3.8) is 0 Å². The number of hydrogen-bond acceptors (Lipinski definition) is 2. The highest BCUT2D eigenvalue weighted by Crippen LogP contribution is 2.18. The van der Waals surface area contributed by atoms with Crippen molar-refractivity contribution in [2.24, 2.45) is 14.1 Å². The van der Waals surface area contributed by atoms with Crippen LogP contribution in [0.4, 0.5) is 0 Å². The molecule has 0 aliphatic heterocycles. The Labute approximate surface area is 103 Å². The third-order valence-corrected chi connectivity index (χ3v) is 3.28. The first-order chi connectivity index (χ1) is 7.60. The predicted octanol–water partition coefficient (Wildman–Crippen LogP) is 2.07. The van der Waals surface area contributed by atoms with Crippen molar-refractivity contribution >= 4 is 15.9 Å². The lowest BCUT2D eigenvalue weighted by Crippen LogP contribution is -1.99. The van der Waals surface area contributed by atoms with Gasteiger partial charge in [0.05, 0.1) is 5.69 Å². The van der Waals surface area contributed by atoms with Crippen LogP contribution < -0.4 is 0 Å². The molecule has 5 heteroatoms. The van der Waals surface area contributed by atoms with E-state index in [1.54, 1.807) is 0 Å². The molecule has 0 saturated heterocycles. The summed E-state index contributed by atoms with van der Waals surface area (Å²) >= 11 is 3.46. The molecule has 0 aromatic carbocycles. The molecule has 0 atom stereocenters. The number of rotatable bonds is 3. The van der Waals surface area contributed by atoms with Gasteiger partial charge in [-0.05, 0) is 28.4 Å². The van der Waals surface area contributed by atoms with E-state index in [-0.39, 0.29) is 0 Å². The second kappa shape index (κ2) is 4.41. The van der Waals surface area contributed by atoms with E-state index >= 15 is 0 Å². The summed E-state index contributed by atoms with van der Waals surface area (Å²) in [6.07, 6.45) is 3.86. The van der Waals surface area contributed by atoms with Gasteiger partial charge < -0.3 is 0 Å². The summed E-state index contributed by atoms with van der Waals surface area (Å²) in [4.78, 5) is 0. The molecular formula is C11H15BrN4. The number of halogens is 1. The highest BCUT2D eigenvalue weighted by atomic mass is 79.9. The topological polar surface area (TPSA) is 35.6 Å². The molecule has 0 unspecified atom stereocenters. The third-order valence-electron chi connectivity index (χ3n) is 2.61. The number of nitrogens with zero attached hydrogens (tertiary/aromatic N) is 4. The Morgan fingerprint density at radius 2 is 2.06 bits per heavy atom. The summed E-state index contributed by atoms with van der Waals surface area (Å²) in [6.45, 7) is 2.12. The molecule has 0 aliphatic carbocycles. The first-order valence-electron chi connectivity index (χ1n) is 5.30. The van der Waals surface area contributed by atoms with Crippen LogP contribution in [0.1, 0.15) is 23.9 Å². The maximum Gasteiger partial charge on any atom is 0.131 e. The van der Waals surface area contributed by atoms with Crippen LogP contribution in [0.3, 0.4) is 0 Å². The minimum Gasteiger partial charge on any atom is -0.274 e. The SMILES string of the molecule is CCc1cc(Cc2cn(C)nc2Br)n(C)n1. The highest BCUT2D eigenvalue weighted by molar-refractivity contribution is 9.10.